The summed E-state index contributed by atoms with van der Waals surface area (Å²) in [4.78, 5) is 8.48. The smallest absolute Gasteiger partial charge is 0.181 e. The van der Waals surface area contributed by atoms with Crippen molar-refractivity contribution >= 4 is 53.4 Å². The molecule has 0 aliphatic rings. The van der Waals surface area contributed by atoms with Gasteiger partial charge in [-0.2, -0.15) is 0 Å². The minimum Gasteiger partial charge on any atom is -0.492 e. The van der Waals surface area contributed by atoms with Gasteiger partial charge in [0.2, 0.25) is 0 Å². The number of aromatic nitrogens is 2. The summed E-state index contributed by atoms with van der Waals surface area (Å²) in [6.07, 6.45) is 0. The Kier molecular flexibility index (Phi) is 1.92. The molecule has 0 atom stereocenters. The van der Waals surface area contributed by atoms with Gasteiger partial charge in [-0.05, 0) is 6.07 Å². The van der Waals surface area contributed by atoms with Crippen LogP contribution in [0.4, 0.5) is 10.3 Å². The van der Waals surface area contributed by atoms with Gasteiger partial charge in [0.1, 0.15) is 11.0 Å². The van der Waals surface area contributed by atoms with Crippen LogP contribution in [0.3, 0.4) is 0 Å². The van der Waals surface area contributed by atoms with Gasteiger partial charge in [0.15, 0.2) is 16.0 Å². The lowest BCUT2D eigenvalue weighted by Crippen LogP contribution is -1.88. The number of fused-ring (bicyclic) bond motifs is 2. The molecule has 1 aromatic carbocycles. The van der Waals surface area contributed by atoms with Crippen LogP contribution < -0.4 is 16.2 Å². The van der Waals surface area contributed by atoms with Crippen LogP contribution in [-0.2, 0) is 0 Å². The Bertz CT molecular complexity index is 633. The molecular weight excluding hydrogens is 244 g/mol. The maximum Gasteiger partial charge on any atom is 0.181 e. The van der Waals surface area contributed by atoms with Crippen LogP contribution in [0.5, 0.6) is 5.75 Å². The van der Waals surface area contributed by atoms with Crippen molar-refractivity contribution in [1.82, 2.24) is 9.97 Å². The molecule has 82 valence electrons. The number of nitrogen functional groups attached to an aromatic ring is 2. The normalized spacial score (nSPS) is 11.3. The van der Waals surface area contributed by atoms with Crippen molar-refractivity contribution in [2.24, 2.45) is 0 Å². The summed E-state index contributed by atoms with van der Waals surface area (Å²) in [5, 5.41) is 1.05. The van der Waals surface area contributed by atoms with E-state index in [1.54, 1.807) is 7.11 Å². The standard InChI is InChI=1S/C9H8N4OS2/c1-14-7-5-3(15-8(10)12-5)2-4-6(7)13-9(11)16-4/h2H,1H3,(H2,10,12)(H2,11,13). The van der Waals surface area contributed by atoms with Gasteiger partial charge in [-0.3, -0.25) is 0 Å². The SMILES string of the molecule is COc1c2nc(N)sc2cc2sc(N)nc12. The summed E-state index contributed by atoms with van der Waals surface area (Å²) in [5.74, 6) is 0.647. The first kappa shape index (κ1) is 9.61. The minimum atomic E-state index is 0.527. The molecule has 0 aliphatic carbocycles. The Morgan fingerprint density at radius 1 is 1.06 bits per heavy atom. The summed E-state index contributed by atoms with van der Waals surface area (Å²) < 4.78 is 7.33. The fraction of sp³-hybridized carbons (Fsp3) is 0.111. The van der Waals surface area contributed by atoms with Gasteiger partial charge in [0.05, 0.1) is 16.5 Å². The van der Waals surface area contributed by atoms with Gasteiger partial charge < -0.3 is 16.2 Å². The van der Waals surface area contributed by atoms with Crippen LogP contribution >= 0.6 is 22.7 Å². The lowest BCUT2D eigenvalue weighted by molar-refractivity contribution is 0.423. The van der Waals surface area contributed by atoms with E-state index in [1.807, 2.05) is 6.07 Å². The first-order valence-electron chi connectivity index (χ1n) is 4.48. The highest BCUT2D eigenvalue weighted by molar-refractivity contribution is 7.24. The number of hydrogen-bond donors (Lipinski definition) is 2. The van der Waals surface area contributed by atoms with Gasteiger partial charge >= 0.3 is 0 Å². The van der Waals surface area contributed by atoms with Crippen LogP contribution in [0.15, 0.2) is 6.07 Å². The van der Waals surface area contributed by atoms with Crippen molar-refractivity contribution in [3.05, 3.63) is 6.07 Å². The van der Waals surface area contributed by atoms with E-state index >= 15 is 0 Å². The topological polar surface area (TPSA) is 87.0 Å². The lowest BCUT2D eigenvalue weighted by atomic mass is 10.3. The van der Waals surface area contributed by atoms with E-state index in [0.29, 0.717) is 16.0 Å². The van der Waals surface area contributed by atoms with Crippen LogP contribution in [-0.4, -0.2) is 17.1 Å². The van der Waals surface area contributed by atoms with Crippen molar-refractivity contribution in [1.29, 1.82) is 0 Å². The largest absolute Gasteiger partial charge is 0.492 e. The molecule has 7 heteroatoms. The number of ether oxygens (including phenoxy) is 1. The number of benzene rings is 1. The Balaban J connectivity index is 2.53. The predicted octanol–water partition coefficient (Wildman–Crippen LogP) is 2.08. The molecule has 0 saturated heterocycles. The highest BCUT2D eigenvalue weighted by Crippen LogP contribution is 2.40. The molecule has 5 nitrogen and oxygen atoms in total. The second-order valence-corrected chi connectivity index (χ2v) is 5.33. The Hall–Kier alpha value is -1.60. The molecular formula is C9H8N4OS2. The van der Waals surface area contributed by atoms with E-state index in [9.17, 15) is 0 Å². The zero-order valence-electron chi connectivity index (χ0n) is 8.35. The third kappa shape index (κ3) is 1.22. The van der Waals surface area contributed by atoms with Gasteiger partial charge in [-0.25, -0.2) is 9.97 Å². The van der Waals surface area contributed by atoms with Crippen LogP contribution in [0, 0.1) is 0 Å². The van der Waals surface area contributed by atoms with Crippen molar-refractivity contribution < 1.29 is 4.74 Å². The first-order chi connectivity index (χ1) is 7.69. The molecule has 0 radical (unpaired) electrons. The molecule has 3 aromatic rings. The zero-order valence-corrected chi connectivity index (χ0v) is 9.98. The zero-order chi connectivity index (χ0) is 11.3. The van der Waals surface area contributed by atoms with E-state index < -0.39 is 0 Å². The van der Waals surface area contributed by atoms with Crippen molar-refractivity contribution in [3.8, 4) is 5.75 Å². The number of methoxy groups -OCH3 is 1. The number of nitrogens with zero attached hydrogens (tertiary/aromatic N) is 2. The summed E-state index contributed by atoms with van der Waals surface area (Å²) in [5.41, 5.74) is 12.9. The summed E-state index contributed by atoms with van der Waals surface area (Å²) in [6, 6.07) is 2.00. The Morgan fingerprint density at radius 3 is 2.00 bits per heavy atom. The molecule has 4 N–H and O–H groups in total. The molecule has 2 aromatic heterocycles. The molecule has 16 heavy (non-hydrogen) atoms. The Labute approximate surface area is 98.7 Å². The monoisotopic (exact) mass is 252 g/mol. The quantitative estimate of drug-likeness (QED) is 0.692. The fourth-order valence-electron chi connectivity index (χ4n) is 1.64. The second kappa shape index (κ2) is 3.19. The fourth-order valence-corrected chi connectivity index (χ4v) is 3.27. The van der Waals surface area contributed by atoms with Gasteiger partial charge in [-0.1, -0.05) is 22.7 Å². The number of rotatable bonds is 1. The third-order valence-corrected chi connectivity index (χ3v) is 3.90. The summed E-state index contributed by atoms with van der Waals surface area (Å²) in [6.45, 7) is 0. The van der Waals surface area contributed by atoms with Gasteiger partial charge in [0.25, 0.3) is 0 Å². The number of nitrogens with two attached hydrogens (primary N) is 2. The maximum absolute atomic E-state index is 5.69. The second-order valence-electron chi connectivity index (χ2n) is 3.21. The number of thiazole rings is 2. The summed E-state index contributed by atoms with van der Waals surface area (Å²) >= 11 is 2.86. The van der Waals surface area contributed by atoms with Crippen molar-refractivity contribution in [2.75, 3.05) is 18.6 Å². The van der Waals surface area contributed by atoms with Crippen LogP contribution in [0.25, 0.3) is 20.4 Å². The van der Waals surface area contributed by atoms with Crippen molar-refractivity contribution in [3.63, 3.8) is 0 Å². The van der Waals surface area contributed by atoms with E-state index in [-0.39, 0.29) is 0 Å². The molecule has 0 amide bonds. The van der Waals surface area contributed by atoms with E-state index in [1.165, 1.54) is 22.7 Å². The lowest BCUT2D eigenvalue weighted by Gasteiger charge is -2.00. The van der Waals surface area contributed by atoms with E-state index in [4.69, 9.17) is 16.2 Å². The molecule has 0 spiro atoms. The third-order valence-electron chi connectivity index (χ3n) is 2.24. The molecule has 0 aliphatic heterocycles. The minimum absolute atomic E-state index is 0.527. The van der Waals surface area contributed by atoms with Gasteiger partial charge in [0, 0.05) is 0 Å². The van der Waals surface area contributed by atoms with E-state index in [0.717, 1.165) is 20.4 Å². The molecule has 3 rings (SSSR count). The van der Waals surface area contributed by atoms with Crippen molar-refractivity contribution in [2.45, 2.75) is 0 Å². The highest BCUT2D eigenvalue weighted by atomic mass is 32.1. The molecule has 0 bridgehead atoms. The first-order valence-corrected chi connectivity index (χ1v) is 6.11. The van der Waals surface area contributed by atoms with Crippen LogP contribution in [0.2, 0.25) is 0 Å². The molecule has 0 unspecified atom stereocenters. The maximum atomic E-state index is 5.69. The van der Waals surface area contributed by atoms with Gasteiger partial charge in [-0.15, -0.1) is 0 Å². The average molecular weight is 252 g/mol. The molecule has 2 heterocycles. The molecule has 0 fully saturated rings. The number of hydrogen-bond acceptors (Lipinski definition) is 7. The average Bonchev–Trinajstić information content (AvgIpc) is 2.74. The summed E-state index contributed by atoms with van der Waals surface area (Å²) in [7, 11) is 1.60. The Morgan fingerprint density at radius 2 is 1.56 bits per heavy atom. The molecule has 0 saturated carbocycles. The predicted molar refractivity (Wildman–Crippen MR) is 68.2 cm³/mol. The highest BCUT2D eigenvalue weighted by Gasteiger charge is 2.15. The number of anilines is 2. The van der Waals surface area contributed by atoms with E-state index in [2.05, 4.69) is 9.97 Å². The van der Waals surface area contributed by atoms with Crippen LogP contribution in [0.1, 0.15) is 0 Å².